The molecule has 5 heteroatoms. The number of aromatic nitrogens is 2. The van der Waals surface area contributed by atoms with E-state index in [9.17, 15) is 4.79 Å². The minimum absolute atomic E-state index is 0.126. The highest BCUT2D eigenvalue weighted by Gasteiger charge is 2.28. The van der Waals surface area contributed by atoms with Crippen molar-refractivity contribution in [2.75, 3.05) is 5.32 Å². The predicted octanol–water partition coefficient (Wildman–Crippen LogP) is 4.04. The number of carbonyl (C=O) groups is 1. The number of rotatable bonds is 3. The number of nitrogens with one attached hydrogen (secondary N) is 1. The molecule has 0 saturated heterocycles. The second kappa shape index (κ2) is 6.24. The monoisotopic (exact) mass is 327 g/mol. The van der Waals surface area contributed by atoms with Gasteiger partial charge in [-0.15, -0.1) is 0 Å². The first kappa shape index (κ1) is 15.9. The van der Waals surface area contributed by atoms with E-state index >= 15 is 0 Å². The van der Waals surface area contributed by atoms with Crippen molar-refractivity contribution in [2.24, 2.45) is 0 Å². The summed E-state index contributed by atoms with van der Waals surface area (Å²) in [7, 11) is 0. The molecule has 4 nitrogen and oxygen atoms in total. The van der Waals surface area contributed by atoms with Crippen LogP contribution in [0.15, 0.2) is 36.4 Å². The molecule has 23 heavy (non-hydrogen) atoms. The number of benzene rings is 1. The van der Waals surface area contributed by atoms with Crippen LogP contribution in [0.4, 0.5) is 5.82 Å². The second-order valence-corrected chi connectivity index (χ2v) is 7.57. The molecule has 1 aromatic carbocycles. The highest BCUT2D eigenvalue weighted by molar-refractivity contribution is 7.98. The predicted molar refractivity (Wildman–Crippen MR) is 96.3 cm³/mol. The van der Waals surface area contributed by atoms with Crippen LogP contribution < -0.4 is 5.32 Å². The summed E-state index contributed by atoms with van der Waals surface area (Å²) in [6, 6.07) is 9.81. The van der Waals surface area contributed by atoms with Crippen LogP contribution in [0.1, 0.15) is 37.6 Å². The molecule has 0 atom stereocenters. The summed E-state index contributed by atoms with van der Waals surface area (Å²) < 4.78 is 1.94. The minimum Gasteiger partial charge on any atom is -0.307 e. The number of hydrogen-bond donors (Lipinski definition) is 1. The summed E-state index contributed by atoms with van der Waals surface area (Å²) in [4.78, 5) is 12.3. The van der Waals surface area contributed by atoms with Crippen LogP contribution in [-0.2, 0) is 21.8 Å². The Balaban J connectivity index is 1.82. The zero-order valence-electron chi connectivity index (χ0n) is 13.7. The fourth-order valence-corrected chi connectivity index (χ4v) is 3.56. The van der Waals surface area contributed by atoms with Crippen LogP contribution >= 0.6 is 11.8 Å². The van der Waals surface area contributed by atoms with Crippen molar-refractivity contribution in [3.05, 3.63) is 53.2 Å². The first-order valence-corrected chi connectivity index (χ1v) is 8.84. The number of nitrogens with zero attached hydrogens (tertiary/aromatic N) is 2. The fourth-order valence-electron chi connectivity index (χ4n) is 2.52. The Kier molecular flexibility index (Phi) is 4.31. The average Bonchev–Trinajstić information content (AvgIpc) is 3.08. The third-order valence-corrected chi connectivity index (χ3v) is 4.63. The molecule has 0 fully saturated rings. The van der Waals surface area contributed by atoms with Gasteiger partial charge >= 0.3 is 0 Å². The molecule has 0 saturated carbocycles. The van der Waals surface area contributed by atoms with Crippen LogP contribution in [0, 0.1) is 0 Å². The van der Waals surface area contributed by atoms with Crippen molar-refractivity contribution in [1.82, 2.24) is 9.78 Å². The number of hydrogen-bond acceptors (Lipinski definition) is 3. The Labute approximate surface area is 141 Å². The van der Waals surface area contributed by atoms with Gasteiger partial charge in [0, 0.05) is 23.1 Å². The molecule has 2 aromatic rings. The molecule has 1 N–H and O–H groups in total. The van der Waals surface area contributed by atoms with E-state index in [4.69, 9.17) is 5.10 Å². The molecule has 0 radical (unpaired) electrons. The quantitative estimate of drug-likeness (QED) is 0.866. The Hall–Kier alpha value is -2.01. The first-order valence-electron chi connectivity index (χ1n) is 7.68. The lowest BCUT2D eigenvalue weighted by molar-refractivity contribution is -0.111. The van der Waals surface area contributed by atoms with E-state index in [1.165, 1.54) is 0 Å². The van der Waals surface area contributed by atoms with Gasteiger partial charge in [0.15, 0.2) is 0 Å². The molecular weight excluding hydrogens is 306 g/mol. The van der Waals surface area contributed by atoms with Crippen molar-refractivity contribution >= 4 is 29.6 Å². The van der Waals surface area contributed by atoms with Crippen molar-refractivity contribution in [2.45, 2.75) is 37.8 Å². The van der Waals surface area contributed by atoms with Gasteiger partial charge in [0.2, 0.25) is 5.91 Å². The minimum atomic E-state index is -0.166. The number of amides is 1. The smallest absolute Gasteiger partial charge is 0.249 e. The number of thioether (sulfide) groups is 1. The highest BCUT2D eigenvalue weighted by atomic mass is 32.2. The van der Waals surface area contributed by atoms with Gasteiger partial charge in [-0.05, 0) is 32.4 Å². The molecule has 3 rings (SSSR count). The Morgan fingerprint density at radius 3 is 2.70 bits per heavy atom. The second-order valence-electron chi connectivity index (χ2n) is 6.58. The van der Waals surface area contributed by atoms with Crippen molar-refractivity contribution in [3.63, 3.8) is 0 Å². The van der Waals surface area contributed by atoms with Crippen molar-refractivity contribution < 1.29 is 4.79 Å². The first-order chi connectivity index (χ1) is 10.9. The Morgan fingerprint density at radius 2 is 2.00 bits per heavy atom. The van der Waals surface area contributed by atoms with Gasteiger partial charge in [-0.2, -0.15) is 16.9 Å². The Bertz CT molecular complexity index is 742. The highest BCUT2D eigenvalue weighted by Crippen LogP contribution is 2.37. The molecule has 1 aromatic heterocycles. The van der Waals surface area contributed by atoms with Crippen LogP contribution in [0.2, 0.25) is 0 Å². The molecule has 0 unspecified atom stereocenters. The lowest BCUT2D eigenvalue weighted by Crippen LogP contribution is -2.26. The van der Waals surface area contributed by atoms with Gasteiger partial charge in [0.05, 0.1) is 11.2 Å². The average molecular weight is 327 g/mol. The standard InChI is InChI=1S/C18H21N3OS/c1-18(2,3)21-17(14-11-23-12-15(14)20-21)19-16(22)10-9-13-7-5-4-6-8-13/h4-10H,11-12H2,1-3H3,(H,19,22). The summed E-state index contributed by atoms with van der Waals surface area (Å²) >= 11 is 1.84. The normalized spacial score (nSPS) is 14.2. The zero-order valence-corrected chi connectivity index (χ0v) is 14.5. The van der Waals surface area contributed by atoms with Crippen molar-refractivity contribution in [1.29, 1.82) is 0 Å². The van der Waals surface area contributed by atoms with E-state index in [-0.39, 0.29) is 11.4 Å². The molecule has 0 spiro atoms. The summed E-state index contributed by atoms with van der Waals surface area (Å²) in [6.07, 6.45) is 3.39. The van der Waals surface area contributed by atoms with E-state index in [1.807, 2.05) is 52.9 Å². The van der Waals surface area contributed by atoms with E-state index in [1.54, 1.807) is 6.08 Å². The Morgan fingerprint density at radius 1 is 1.26 bits per heavy atom. The molecule has 2 heterocycles. The summed E-state index contributed by atoms with van der Waals surface area (Å²) in [5.41, 5.74) is 3.09. The zero-order chi connectivity index (χ0) is 16.4. The largest absolute Gasteiger partial charge is 0.307 e. The molecular formula is C18H21N3OS. The van der Waals surface area contributed by atoms with E-state index in [0.29, 0.717) is 0 Å². The molecule has 0 aliphatic carbocycles. The van der Waals surface area contributed by atoms with Crippen LogP contribution in [0.5, 0.6) is 0 Å². The lowest BCUT2D eigenvalue weighted by Gasteiger charge is -2.23. The molecule has 1 aliphatic heterocycles. The summed E-state index contributed by atoms with van der Waals surface area (Å²) in [5.74, 6) is 2.53. The van der Waals surface area contributed by atoms with E-state index in [2.05, 4.69) is 26.1 Å². The molecule has 0 bridgehead atoms. The maximum absolute atomic E-state index is 12.3. The molecule has 1 amide bonds. The summed E-state index contributed by atoms with van der Waals surface area (Å²) in [6.45, 7) is 6.29. The van der Waals surface area contributed by atoms with Gasteiger partial charge in [-0.3, -0.25) is 4.79 Å². The van der Waals surface area contributed by atoms with Gasteiger partial charge in [0.1, 0.15) is 5.82 Å². The van der Waals surface area contributed by atoms with Crippen LogP contribution in [-0.4, -0.2) is 15.7 Å². The topological polar surface area (TPSA) is 46.9 Å². The number of carbonyl (C=O) groups excluding carboxylic acids is 1. The maximum atomic E-state index is 12.3. The van der Waals surface area contributed by atoms with Crippen LogP contribution in [0.3, 0.4) is 0 Å². The third kappa shape index (κ3) is 3.50. The van der Waals surface area contributed by atoms with Gasteiger partial charge in [-0.1, -0.05) is 30.3 Å². The molecule has 120 valence electrons. The number of anilines is 1. The third-order valence-electron chi connectivity index (χ3n) is 3.66. The van der Waals surface area contributed by atoms with E-state index < -0.39 is 0 Å². The van der Waals surface area contributed by atoms with E-state index in [0.717, 1.165) is 34.1 Å². The maximum Gasteiger partial charge on any atom is 0.249 e. The van der Waals surface area contributed by atoms with Gasteiger partial charge in [0.25, 0.3) is 0 Å². The van der Waals surface area contributed by atoms with Gasteiger partial charge < -0.3 is 5.32 Å². The van der Waals surface area contributed by atoms with Crippen LogP contribution in [0.25, 0.3) is 6.08 Å². The number of fused-ring (bicyclic) bond motifs is 1. The van der Waals surface area contributed by atoms with Gasteiger partial charge in [-0.25, -0.2) is 4.68 Å². The SMILES string of the molecule is CC(C)(C)n1nc2c(c1NC(=O)C=Cc1ccccc1)CSC2. The lowest BCUT2D eigenvalue weighted by atomic mass is 10.1. The van der Waals surface area contributed by atoms with Crippen molar-refractivity contribution in [3.8, 4) is 0 Å². The molecule has 1 aliphatic rings. The summed E-state index contributed by atoms with van der Waals surface area (Å²) in [5, 5.41) is 7.72. The fraction of sp³-hybridized carbons (Fsp3) is 0.333.